The Morgan fingerprint density at radius 1 is 1.38 bits per heavy atom. The molecule has 13 heavy (non-hydrogen) atoms. The summed E-state index contributed by atoms with van der Waals surface area (Å²) in [5, 5.41) is 0. The van der Waals surface area contributed by atoms with Crippen LogP contribution in [0.25, 0.3) is 0 Å². The second-order valence-electron chi connectivity index (χ2n) is 3.44. The fraction of sp³-hybridized carbons (Fsp3) is 0.400. The molecule has 0 aliphatic heterocycles. The van der Waals surface area contributed by atoms with Crippen LogP contribution in [0.1, 0.15) is 25.5 Å². The number of nitrogens with two attached hydrogens (primary N) is 1. The third-order valence-electron chi connectivity index (χ3n) is 2.04. The first-order valence-electron chi connectivity index (χ1n) is 4.23. The molecule has 0 aliphatic carbocycles. The normalized spacial score (nSPS) is 13.4. The van der Waals surface area contributed by atoms with Crippen LogP contribution < -0.4 is 5.73 Å². The van der Waals surface area contributed by atoms with E-state index in [1.807, 2.05) is 13.8 Å². The van der Waals surface area contributed by atoms with Gasteiger partial charge in [-0.3, -0.25) is 0 Å². The van der Waals surface area contributed by atoms with E-state index in [4.69, 9.17) is 5.73 Å². The topological polar surface area (TPSA) is 26.0 Å². The lowest BCUT2D eigenvalue weighted by Crippen LogP contribution is -2.17. The Hall–Kier alpha value is -0.410. The lowest BCUT2D eigenvalue weighted by atomic mass is 9.97. The third-order valence-corrected chi connectivity index (χ3v) is 2.76. The zero-order valence-corrected chi connectivity index (χ0v) is 9.31. The van der Waals surface area contributed by atoms with Gasteiger partial charge >= 0.3 is 0 Å². The van der Waals surface area contributed by atoms with E-state index >= 15 is 0 Å². The van der Waals surface area contributed by atoms with Gasteiger partial charge in [-0.1, -0.05) is 29.8 Å². The van der Waals surface area contributed by atoms with E-state index in [1.54, 1.807) is 6.07 Å². The molecule has 0 saturated carbocycles. The second kappa shape index (κ2) is 4.20. The maximum atomic E-state index is 12.9. The molecule has 0 amide bonds. The van der Waals surface area contributed by atoms with Crippen molar-refractivity contribution in [3.8, 4) is 0 Å². The van der Waals surface area contributed by atoms with Crippen LogP contribution in [0.2, 0.25) is 0 Å². The van der Waals surface area contributed by atoms with Crippen LogP contribution in [0.15, 0.2) is 22.7 Å². The quantitative estimate of drug-likeness (QED) is 0.851. The number of rotatable bonds is 2. The number of halogens is 2. The number of hydrogen-bond donors (Lipinski definition) is 1. The first kappa shape index (κ1) is 10.7. The monoisotopic (exact) mass is 245 g/mol. The van der Waals surface area contributed by atoms with Crippen molar-refractivity contribution in [1.29, 1.82) is 0 Å². The molecular formula is C10H13BrFN. The van der Waals surface area contributed by atoms with Crippen LogP contribution in [-0.2, 0) is 0 Å². The lowest BCUT2D eigenvalue weighted by molar-refractivity contribution is 0.508. The SMILES string of the molecule is CC(C)[C@H](N)c1cc(F)ccc1Br. The summed E-state index contributed by atoms with van der Waals surface area (Å²) in [6, 6.07) is 4.47. The van der Waals surface area contributed by atoms with Crippen molar-refractivity contribution in [3.63, 3.8) is 0 Å². The van der Waals surface area contributed by atoms with E-state index in [0.29, 0.717) is 5.92 Å². The molecule has 0 saturated heterocycles. The summed E-state index contributed by atoms with van der Waals surface area (Å²) in [6.45, 7) is 4.03. The van der Waals surface area contributed by atoms with Crippen molar-refractivity contribution >= 4 is 15.9 Å². The molecule has 0 radical (unpaired) electrons. The molecule has 1 rings (SSSR count). The predicted molar refractivity (Wildman–Crippen MR) is 55.9 cm³/mol. The average Bonchev–Trinajstić information content (AvgIpc) is 2.08. The van der Waals surface area contributed by atoms with Gasteiger partial charge in [0.2, 0.25) is 0 Å². The minimum Gasteiger partial charge on any atom is -0.324 e. The second-order valence-corrected chi connectivity index (χ2v) is 4.29. The standard InChI is InChI=1S/C10H13BrFN/c1-6(2)10(13)8-5-7(12)3-4-9(8)11/h3-6,10H,13H2,1-2H3/t10-/m0/s1. The van der Waals surface area contributed by atoms with Gasteiger partial charge in [-0.05, 0) is 29.7 Å². The average molecular weight is 246 g/mol. The Morgan fingerprint density at radius 2 is 2.00 bits per heavy atom. The fourth-order valence-electron chi connectivity index (χ4n) is 1.13. The van der Waals surface area contributed by atoms with E-state index in [0.717, 1.165) is 10.0 Å². The molecule has 1 atom stereocenters. The highest BCUT2D eigenvalue weighted by atomic mass is 79.9. The number of hydrogen-bond acceptors (Lipinski definition) is 1. The molecular weight excluding hydrogens is 233 g/mol. The Labute approximate surface area is 86.3 Å². The first-order valence-corrected chi connectivity index (χ1v) is 5.02. The molecule has 1 aromatic rings. The zero-order chi connectivity index (χ0) is 10.0. The predicted octanol–water partition coefficient (Wildman–Crippen LogP) is 3.24. The molecule has 3 heteroatoms. The smallest absolute Gasteiger partial charge is 0.123 e. The first-order chi connectivity index (χ1) is 6.02. The van der Waals surface area contributed by atoms with E-state index in [1.165, 1.54) is 12.1 Å². The molecule has 72 valence electrons. The molecule has 1 aromatic carbocycles. The van der Waals surface area contributed by atoms with E-state index in [2.05, 4.69) is 15.9 Å². The van der Waals surface area contributed by atoms with Crippen LogP contribution in [0.5, 0.6) is 0 Å². The summed E-state index contributed by atoms with van der Waals surface area (Å²) in [5.41, 5.74) is 6.74. The summed E-state index contributed by atoms with van der Waals surface area (Å²) in [6.07, 6.45) is 0. The summed E-state index contributed by atoms with van der Waals surface area (Å²) >= 11 is 3.35. The minimum absolute atomic E-state index is 0.120. The summed E-state index contributed by atoms with van der Waals surface area (Å²) in [4.78, 5) is 0. The maximum absolute atomic E-state index is 12.9. The molecule has 0 heterocycles. The molecule has 0 bridgehead atoms. The van der Waals surface area contributed by atoms with Gasteiger partial charge < -0.3 is 5.73 Å². The van der Waals surface area contributed by atoms with Gasteiger partial charge in [-0.2, -0.15) is 0 Å². The third kappa shape index (κ3) is 2.51. The van der Waals surface area contributed by atoms with Gasteiger partial charge in [0.25, 0.3) is 0 Å². The van der Waals surface area contributed by atoms with Crippen LogP contribution in [-0.4, -0.2) is 0 Å². The molecule has 0 aromatic heterocycles. The molecule has 2 N–H and O–H groups in total. The summed E-state index contributed by atoms with van der Waals surface area (Å²) in [7, 11) is 0. The summed E-state index contributed by atoms with van der Waals surface area (Å²) in [5.74, 6) is 0.0624. The highest BCUT2D eigenvalue weighted by molar-refractivity contribution is 9.10. The van der Waals surface area contributed by atoms with E-state index < -0.39 is 0 Å². The Morgan fingerprint density at radius 3 is 2.54 bits per heavy atom. The largest absolute Gasteiger partial charge is 0.324 e. The zero-order valence-electron chi connectivity index (χ0n) is 7.72. The van der Waals surface area contributed by atoms with Crippen LogP contribution in [0.3, 0.4) is 0 Å². The van der Waals surface area contributed by atoms with Crippen molar-refractivity contribution in [2.24, 2.45) is 11.7 Å². The summed E-state index contributed by atoms with van der Waals surface area (Å²) < 4.78 is 13.8. The lowest BCUT2D eigenvalue weighted by Gasteiger charge is -2.17. The molecule has 0 spiro atoms. The van der Waals surface area contributed by atoms with Crippen molar-refractivity contribution in [2.75, 3.05) is 0 Å². The van der Waals surface area contributed by atoms with Gasteiger partial charge in [0.1, 0.15) is 5.82 Å². The molecule has 0 aliphatic rings. The molecule has 1 nitrogen and oxygen atoms in total. The highest BCUT2D eigenvalue weighted by Crippen LogP contribution is 2.27. The van der Waals surface area contributed by atoms with Crippen LogP contribution >= 0.6 is 15.9 Å². The van der Waals surface area contributed by atoms with Crippen molar-refractivity contribution in [3.05, 3.63) is 34.1 Å². The highest BCUT2D eigenvalue weighted by Gasteiger charge is 2.13. The Kier molecular flexibility index (Phi) is 3.45. The van der Waals surface area contributed by atoms with Gasteiger partial charge in [0.05, 0.1) is 0 Å². The van der Waals surface area contributed by atoms with E-state index in [9.17, 15) is 4.39 Å². The number of benzene rings is 1. The van der Waals surface area contributed by atoms with Crippen molar-refractivity contribution < 1.29 is 4.39 Å². The Balaban J connectivity index is 3.05. The van der Waals surface area contributed by atoms with Crippen molar-refractivity contribution in [1.82, 2.24) is 0 Å². The fourth-order valence-corrected chi connectivity index (χ4v) is 1.64. The van der Waals surface area contributed by atoms with Gasteiger partial charge in [0.15, 0.2) is 0 Å². The molecule has 0 unspecified atom stereocenters. The maximum Gasteiger partial charge on any atom is 0.123 e. The minimum atomic E-state index is -0.241. The van der Waals surface area contributed by atoms with Crippen LogP contribution in [0.4, 0.5) is 4.39 Å². The van der Waals surface area contributed by atoms with E-state index in [-0.39, 0.29) is 11.9 Å². The van der Waals surface area contributed by atoms with Gasteiger partial charge in [-0.25, -0.2) is 4.39 Å². The van der Waals surface area contributed by atoms with Crippen molar-refractivity contribution in [2.45, 2.75) is 19.9 Å². The Bertz CT molecular complexity index is 299. The van der Waals surface area contributed by atoms with Gasteiger partial charge in [0, 0.05) is 10.5 Å². The van der Waals surface area contributed by atoms with Gasteiger partial charge in [-0.15, -0.1) is 0 Å². The van der Waals surface area contributed by atoms with Crippen LogP contribution in [0, 0.1) is 11.7 Å². The molecule has 0 fully saturated rings.